The lowest BCUT2D eigenvalue weighted by atomic mass is 10.0. The summed E-state index contributed by atoms with van der Waals surface area (Å²) in [6.07, 6.45) is 124. The molecule has 0 spiro atoms. The lowest BCUT2D eigenvalue weighted by molar-refractivity contribution is -0.870. The average molecular weight is 1460 g/mol. The molecule has 0 rings (SSSR count). The molecule has 1 N–H and O–H groups in total. The summed E-state index contributed by atoms with van der Waals surface area (Å²) in [7, 11) is 5.96. The smallest absolute Gasteiger partial charge is 0.361 e. The zero-order valence-corrected chi connectivity index (χ0v) is 68.6. The molecule has 0 aromatic heterocycles. The van der Waals surface area contributed by atoms with Gasteiger partial charge in [-0.2, -0.15) is 0 Å². The van der Waals surface area contributed by atoms with Crippen molar-refractivity contribution < 1.29 is 42.9 Å². The van der Waals surface area contributed by atoms with Crippen LogP contribution >= 0.6 is 0 Å². The summed E-state index contributed by atoms with van der Waals surface area (Å²) in [6.45, 7) is 4.72. The van der Waals surface area contributed by atoms with Gasteiger partial charge in [0, 0.05) is 12.8 Å². The lowest BCUT2D eigenvalue weighted by Gasteiger charge is -2.25. The van der Waals surface area contributed by atoms with Gasteiger partial charge in [-0.1, -0.05) is 383 Å². The third-order valence-electron chi connectivity index (χ3n) is 18.5. The number of rotatable bonds is 79. The maximum absolute atomic E-state index is 13.0. The van der Waals surface area contributed by atoms with Gasteiger partial charge in [0.15, 0.2) is 6.10 Å². The third-order valence-corrected chi connectivity index (χ3v) is 18.5. The predicted octanol–water partition coefficient (Wildman–Crippen LogP) is 28.5. The van der Waals surface area contributed by atoms with Crippen LogP contribution in [-0.2, 0) is 33.3 Å². The number of allylic oxidation sites excluding steroid dienone is 28. The summed E-state index contributed by atoms with van der Waals surface area (Å²) in [5, 5.41) is 9.78. The monoisotopic (exact) mass is 1460 g/mol. The highest BCUT2D eigenvalue weighted by molar-refractivity contribution is 5.71. The Balaban J connectivity index is 4.08. The molecule has 0 aliphatic rings. The standard InChI is InChI=1S/C96H161NO8/c1-6-8-10-12-14-16-18-20-22-24-26-28-30-32-34-36-38-40-42-44-46-47-49-50-52-54-56-58-60-62-64-66-68-70-72-74-76-78-80-82-84-86-93(98)103-90-92(91-104-96(95(100)101)102-89-88-97(3,4)5)105-94(99)87-85-83-81-79-77-75-73-71-69-67-65-63-61-59-57-55-53-51-48-45-43-41-39-37-35-33-31-29-27-25-23-21-19-17-15-13-11-9-7-2/h9,11,15,17-18,20-21,23-24,26-27,29,33,35,39,41,45,48,53,55,59,61,65,67,71,73,77,79,92,96H,6-8,10,12-14,16,19,22,25,28,30-32,34,36-38,40,42-44,46-47,49-52,54,56-58,60,62-64,66,68-70,72,74-76,78,80-91H2,1-5H3/p+1/b11-9-,17-15-,20-18-,23-21-,26-24-,29-27-,35-33-,41-39-,48-45-,55-53-,61-59-,67-65-,73-71-,79-77-. The summed E-state index contributed by atoms with van der Waals surface area (Å²) in [5.74, 6) is -2.07. The highest BCUT2D eigenvalue weighted by Gasteiger charge is 2.25. The Bertz CT molecular complexity index is 2350. The van der Waals surface area contributed by atoms with Gasteiger partial charge in [-0.25, -0.2) is 4.79 Å². The quantitative estimate of drug-likeness (QED) is 0.0211. The molecule has 0 fully saturated rings. The number of carboxylic acid groups (broad SMARTS) is 1. The normalized spacial score (nSPS) is 13.5. The summed E-state index contributed by atoms with van der Waals surface area (Å²) in [6, 6.07) is 0. The molecule has 2 atom stereocenters. The topological polar surface area (TPSA) is 108 Å². The molecule has 0 radical (unpaired) electrons. The molecular formula is C96H162NO8+. The number of carbonyl (C=O) groups is 3. The zero-order valence-electron chi connectivity index (χ0n) is 68.6. The van der Waals surface area contributed by atoms with E-state index in [1.165, 1.54) is 212 Å². The van der Waals surface area contributed by atoms with E-state index in [0.717, 1.165) is 116 Å². The van der Waals surface area contributed by atoms with Crippen LogP contribution in [0, 0.1) is 0 Å². The van der Waals surface area contributed by atoms with Crippen molar-refractivity contribution in [2.45, 2.75) is 373 Å². The van der Waals surface area contributed by atoms with E-state index in [1.54, 1.807) is 0 Å². The van der Waals surface area contributed by atoms with Crippen LogP contribution in [0.2, 0.25) is 0 Å². The average Bonchev–Trinajstić information content (AvgIpc) is 1.97. The summed E-state index contributed by atoms with van der Waals surface area (Å²) in [5.41, 5.74) is 0. The van der Waals surface area contributed by atoms with E-state index >= 15 is 0 Å². The Morgan fingerprint density at radius 1 is 0.295 bits per heavy atom. The molecule has 0 saturated carbocycles. The first-order chi connectivity index (χ1) is 51.6. The number of esters is 2. The van der Waals surface area contributed by atoms with Gasteiger partial charge in [-0.3, -0.25) is 9.59 Å². The number of unbranched alkanes of at least 4 members (excludes halogenated alkanes) is 36. The number of carboxylic acids is 1. The van der Waals surface area contributed by atoms with Crippen molar-refractivity contribution in [2.24, 2.45) is 0 Å². The van der Waals surface area contributed by atoms with Crippen molar-refractivity contribution in [2.75, 3.05) is 47.5 Å². The van der Waals surface area contributed by atoms with Crippen molar-refractivity contribution >= 4 is 17.9 Å². The number of carbonyl (C=O) groups excluding carboxylic acids is 2. The molecule has 0 aliphatic carbocycles. The Morgan fingerprint density at radius 2 is 0.543 bits per heavy atom. The molecule has 0 bridgehead atoms. The van der Waals surface area contributed by atoms with Crippen molar-refractivity contribution in [1.82, 2.24) is 0 Å². The molecule has 598 valence electrons. The van der Waals surface area contributed by atoms with E-state index in [0.29, 0.717) is 17.4 Å². The van der Waals surface area contributed by atoms with Crippen LogP contribution in [0.5, 0.6) is 0 Å². The largest absolute Gasteiger partial charge is 0.477 e. The maximum Gasteiger partial charge on any atom is 0.361 e. The van der Waals surface area contributed by atoms with E-state index in [1.807, 2.05) is 21.1 Å². The minimum absolute atomic E-state index is 0.172. The number of ether oxygens (including phenoxy) is 4. The van der Waals surface area contributed by atoms with Crippen LogP contribution in [0.3, 0.4) is 0 Å². The maximum atomic E-state index is 13.0. The van der Waals surface area contributed by atoms with Crippen LogP contribution in [0.1, 0.15) is 361 Å². The van der Waals surface area contributed by atoms with Gasteiger partial charge in [-0.05, 0) is 135 Å². The highest BCUT2D eigenvalue weighted by atomic mass is 16.7. The van der Waals surface area contributed by atoms with Gasteiger partial charge in [0.05, 0.1) is 34.4 Å². The Labute approximate surface area is 647 Å². The van der Waals surface area contributed by atoms with E-state index in [9.17, 15) is 19.5 Å². The second-order valence-corrected chi connectivity index (χ2v) is 29.8. The molecule has 0 saturated heterocycles. The molecule has 0 aromatic rings. The van der Waals surface area contributed by atoms with Crippen LogP contribution in [0.25, 0.3) is 0 Å². The van der Waals surface area contributed by atoms with Crippen molar-refractivity contribution in [1.29, 1.82) is 0 Å². The molecule has 0 aliphatic heterocycles. The molecule has 0 heterocycles. The van der Waals surface area contributed by atoms with Crippen molar-refractivity contribution in [3.05, 3.63) is 170 Å². The fraction of sp³-hybridized carbons (Fsp3) is 0.677. The molecule has 0 amide bonds. The number of hydrogen-bond acceptors (Lipinski definition) is 7. The number of quaternary nitrogens is 1. The predicted molar refractivity (Wildman–Crippen MR) is 456 cm³/mol. The second-order valence-electron chi connectivity index (χ2n) is 29.8. The van der Waals surface area contributed by atoms with Gasteiger partial charge in [0.25, 0.3) is 6.29 Å². The summed E-state index contributed by atoms with van der Waals surface area (Å²) >= 11 is 0. The molecule has 9 heteroatoms. The molecule has 9 nitrogen and oxygen atoms in total. The fourth-order valence-corrected chi connectivity index (χ4v) is 11.9. The first kappa shape index (κ1) is 99.7. The van der Waals surface area contributed by atoms with E-state index in [2.05, 4.69) is 184 Å². The number of likely N-dealkylation sites (N-methyl/N-ethyl adjacent to an activating group) is 1. The van der Waals surface area contributed by atoms with E-state index < -0.39 is 24.3 Å². The summed E-state index contributed by atoms with van der Waals surface area (Å²) in [4.78, 5) is 37.8. The van der Waals surface area contributed by atoms with Gasteiger partial charge in [-0.15, -0.1) is 0 Å². The Kier molecular flexibility index (Phi) is 80.0. The fourth-order valence-electron chi connectivity index (χ4n) is 11.9. The number of hydrogen-bond donors (Lipinski definition) is 1. The first-order valence-corrected chi connectivity index (χ1v) is 43.3. The highest BCUT2D eigenvalue weighted by Crippen LogP contribution is 2.19. The van der Waals surface area contributed by atoms with Gasteiger partial charge >= 0.3 is 17.9 Å². The van der Waals surface area contributed by atoms with Gasteiger partial charge in [0.1, 0.15) is 13.2 Å². The minimum atomic E-state index is -1.53. The number of aliphatic carboxylic acids is 1. The van der Waals surface area contributed by atoms with Crippen molar-refractivity contribution in [3.8, 4) is 0 Å². The van der Waals surface area contributed by atoms with Crippen LogP contribution in [0.4, 0.5) is 0 Å². The van der Waals surface area contributed by atoms with Crippen LogP contribution in [-0.4, -0.2) is 87.4 Å². The molecular weight excluding hydrogens is 1300 g/mol. The zero-order chi connectivity index (χ0) is 76.0. The molecule has 2 unspecified atom stereocenters. The minimum Gasteiger partial charge on any atom is -0.477 e. The van der Waals surface area contributed by atoms with Crippen molar-refractivity contribution in [3.63, 3.8) is 0 Å². The Morgan fingerprint density at radius 3 is 0.829 bits per heavy atom. The van der Waals surface area contributed by atoms with Crippen LogP contribution in [0.15, 0.2) is 170 Å². The van der Waals surface area contributed by atoms with E-state index in [-0.39, 0.29) is 38.6 Å². The second kappa shape index (κ2) is 84.3. The first-order valence-electron chi connectivity index (χ1n) is 43.3. The SMILES string of the molecule is CC/C=C\C/C=C\C/C=C\C/C=C\C/C=C\C/C=C\C/C=C\C/C=C\C/C=C\C/C=C\C/C=C\C/C=C\CCCCC(=O)OC(COC(=O)CCCCCCCCCCCCCCCCCCCCCCCCCCCCCCC/C=C\C/C=C\CCCCCCC)COC(OCC[N+](C)(C)C)C(=O)O. The molecule has 0 aromatic carbocycles. The van der Waals surface area contributed by atoms with Gasteiger partial charge < -0.3 is 28.5 Å². The van der Waals surface area contributed by atoms with Gasteiger partial charge in [0.2, 0.25) is 0 Å². The third kappa shape index (κ3) is 85.8. The Hall–Kier alpha value is -5.35. The number of nitrogens with zero attached hydrogens (tertiary/aromatic N) is 1. The molecule has 105 heavy (non-hydrogen) atoms. The van der Waals surface area contributed by atoms with Crippen LogP contribution < -0.4 is 0 Å². The lowest BCUT2D eigenvalue weighted by Crippen LogP contribution is -2.40. The van der Waals surface area contributed by atoms with E-state index in [4.69, 9.17) is 18.9 Å². The summed E-state index contributed by atoms with van der Waals surface area (Å²) < 4.78 is 23.0.